The van der Waals surface area contributed by atoms with Gasteiger partial charge in [-0.1, -0.05) is 201 Å². The van der Waals surface area contributed by atoms with Crippen LogP contribution in [0.25, 0.3) is 0 Å². The van der Waals surface area contributed by atoms with Crippen LogP contribution in [-0.4, -0.2) is 63.8 Å². The highest BCUT2D eigenvalue weighted by Gasteiger charge is 2.05. The summed E-state index contributed by atoms with van der Waals surface area (Å²) in [5, 5.41) is 11.3. The molecule has 0 aromatic heterocycles. The summed E-state index contributed by atoms with van der Waals surface area (Å²) in [6.07, 6.45) is 45.4. The van der Waals surface area contributed by atoms with Crippen LogP contribution in [0, 0.1) is 0 Å². The number of nitrogens with zero attached hydrogens (tertiary/aromatic N) is 1. The zero-order valence-corrected chi connectivity index (χ0v) is 33.9. The van der Waals surface area contributed by atoms with Crippen molar-refractivity contribution in [3.8, 4) is 0 Å². The molecule has 0 saturated carbocycles. The highest BCUT2D eigenvalue weighted by atomic mass is 15.1. The maximum absolute atomic E-state index is 3.77. The zero-order valence-electron chi connectivity index (χ0n) is 33.9. The standard InChI is InChI=1S/C44H94N4/c1-4-7-10-13-16-19-22-25-28-31-34-38-47-41-44-48(43-40-46-37-33-30-27-24-21-18-15-12-9-6-3)42-35-39-45-36-32-29-26-23-20-17-14-11-8-5-2/h45-47H,4-44H2,1-3H3. The Morgan fingerprint density at radius 2 is 0.458 bits per heavy atom. The van der Waals surface area contributed by atoms with Gasteiger partial charge in [0.05, 0.1) is 0 Å². The molecule has 0 unspecified atom stereocenters. The van der Waals surface area contributed by atoms with Crippen molar-refractivity contribution in [1.82, 2.24) is 20.9 Å². The van der Waals surface area contributed by atoms with Gasteiger partial charge >= 0.3 is 0 Å². The second kappa shape index (κ2) is 44.9. The normalized spacial score (nSPS) is 11.8. The molecule has 0 aromatic rings. The Labute approximate surface area is 305 Å². The van der Waals surface area contributed by atoms with Crippen molar-refractivity contribution in [3.63, 3.8) is 0 Å². The van der Waals surface area contributed by atoms with Crippen LogP contribution in [0.3, 0.4) is 0 Å². The lowest BCUT2D eigenvalue weighted by Gasteiger charge is -2.23. The number of unbranched alkanes of at least 4 members (excludes halogenated alkanes) is 28. The average Bonchev–Trinajstić information content (AvgIpc) is 3.10. The fourth-order valence-corrected chi connectivity index (χ4v) is 7.00. The van der Waals surface area contributed by atoms with Gasteiger partial charge in [-0.3, -0.25) is 0 Å². The van der Waals surface area contributed by atoms with Crippen LogP contribution in [0.5, 0.6) is 0 Å². The summed E-state index contributed by atoms with van der Waals surface area (Å²) in [6, 6.07) is 0. The molecule has 0 spiro atoms. The van der Waals surface area contributed by atoms with Crippen LogP contribution < -0.4 is 16.0 Å². The molecule has 0 aliphatic heterocycles. The Bertz CT molecular complexity index is 510. The van der Waals surface area contributed by atoms with E-state index in [1.165, 1.54) is 251 Å². The number of rotatable bonds is 44. The molecule has 48 heavy (non-hydrogen) atoms. The van der Waals surface area contributed by atoms with Gasteiger partial charge in [0.15, 0.2) is 0 Å². The predicted octanol–water partition coefficient (Wildman–Crippen LogP) is 12.6. The Kier molecular flexibility index (Phi) is 44.7. The third kappa shape index (κ3) is 42.0. The fourth-order valence-electron chi connectivity index (χ4n) is 7.00. The zero-order chi connectivity index (χ0) is 34.7. The molecular weight excluding hydrogens is 585 g/mol. The molecule has 0 fully saturated rings. The lowest BCUT2D eigenvalue weighted by Crippen LogP contribution is -2.38. The van der Waals surface area contributed by atoms with Crippen molar-refractivity contribution in [2.45, 2.75) is 226 Å². The van der Waals surface area contributed by atoms with E-state index in [0.29, 0.717) is 0 Å². The minimum atomic E-state index is 1.14. The van der Waals surface area contributed by atoms with E-state index in [1.807, 2.05) is 0 Å². The third-order valence-corrected chi connectivity index (χ3v) is 10.4. The van der Waals surface area contributed by atoms with Gasteiger partial charge in [0.2, 0.25) is 0 Å². The highest BCUT2D eigenvalue weighted by Crippen LogP contribution is 2.12. The van der Waals surface area contributed by atoms with Crippen LogP contribution in [-0.2, 0) is 0 Å². The summed E-state index contributed by atoms with van der Waals surface area (Å²) in [4.78, 5) is 2.71. The van der Waals surface area contributed by atoms with Gasteiger partial charge in [-0.05, 0) is 58.4 Å². The van der Waals surface area contributed by atoms with Gasteiger partial charge in [0.1, 0.15) is 0 Å². The molecule has 0 amide bonds. The minimum absolute atomic E-state index is 1.14. The molecule has 0 heterocycles. The summed E-state index contributed by atoms with van der Waals surface area (Å²) < 4.78 is 0. The minimum Gasteiger partial charge on any atom is -0.317 e. The molecule has 3 N–H and O–H groups in total. The van der Waals surface area contributed by atoms with Crippen LogP contribution in [0.2, 0.25) is 0 Å². The number of nitrogens with one attached hydrogen (secondary N) is 3. The second-order valence-electron chi connectivity index (χ2n) is 15.3. The molecule has 0 aliphatic rings. The molecule has 0 rings (SSSR count). The summed E-state index contributed by atoms with van der Waals surface area (Å²) in [6.45, 7) is 17.6. The SMILES string of the molecule is CCCCCCCCCCCCCNCCN(CCCNCCCCCCCCCCCC)CCNCCCCCCCCCCCC. The Hall–Kier alpha value is -0.160. The summed E-state index contributed by atoms with van der Waals surface area (Å²) >= 11 is 0. The topological polar surface area (TPSA) is 39.3 Å². The average molecular weight is 679 g/mol. The molecule has 4 heteroatoms. The molecular formula is C44H94N4. The summed E-state index contributed by atoms with van der Waals surface area (Å²) in [5.41, 5.74) is 0. The van der Waals surface area contributed by atoms with E-state index in [4.69, 9.17) is 0 Å². The molecule has 0 aliphatic carbocycles. The smallest absolute Gasteiger partial charge is 0.0107 e. The third-order valence-electron chi connectivity index (χ3n) is 10.4. The molecule has 0 aromatic carbocycles. The monoisotopic (exact) mass is 679 g/mol. The van der Waals surface area contributed by atoms with Crippen LogP contribution in [0.15, 0.2) is 0 Å². The van der Waals surface area contributed by atoms with Crippen molar-refractivity contribution >= 4 is 0 Å². The number of hydrogen-bond acceptors (Lipinski definition) is 4. The van der Waals surface area contributed by atoms with E-state index < -0.39 is 0 Å². The quantitative estimate of drug-likeness (QED) is 0.0561. The van der Waals surface area contributed by atoms with Crippen LogP contribution >= 0.6 is 0 Å². The van der Waals surface area contributed by atoms with E-state index >= 15 is 0 Å². The van der Waals surface area contributed by atoms with Crippen molar-refractivity contribution < 1.29 is 0 Å². The Morgan fingerprint density at radius 1 is 0.229 bits per heavy atom. The predicted molar refractivity (Wildman–Crippen MR) is 220 cm³/mol. The van der Waals surface area contributed by atoms with Gasteiger partial charge in [0.25, 0.3) is 0 Å². The lowest BCUT2D eigenvalue weighted by molar-refractivity contribution is 0.267. The summed E-state index contributed by atoms with van der Waals surface area (Å²) in [5.74, 6) is 0. The lowest BCUT2D eigenvalue weighted by atomic mass is 10.1. The Balaban J connectivity index is 3.92. The first-order valence-corrected chi connectivity index (χ1v) is 22.7. The fraction of sp³-hybridized carbons (Fsp3) is 1.00. The van der Waals surface area contributed by atoms with E-state index in [9.17, 15) is 0 Å². The van der Waals surface area contributed by atoms with Crippen molar-refractivity contribution in [3.05, 3.63) is 0 Å². The first kappa shape index (κ1) is 47.8. The van der Waals surface area contributed by atoms with Gasteiger partial charge in [-0.2, -0.15) is 0 Å². The largest absolute Gasteiger partial charge is 0.317 e. The maximum Gasteiger partial charge on any atom is 0.0107 e. The van der Waals surface area contributed by atoms with Gasteiger partial charge in [-0.15, -0.1) is 0 Å². The van der Waals surface area contributed by atoms with E-state index in [0.717, 1.165) is 13.1 Å². The maximum atomic E-state index is 3.77. The molecule has 4 nitrogen and oxygen atoms in total. The van der Waals surface area contributed by atoms with E-state index in [1.54, 1.807) is 0 Å². The van der Waals surface area contributed by atoms with Gasteiger partial charge in [-0.25, -0.2) is 0 Å². The van der Waals surface area contributed by atoms with Crippen LogP contribution in [0.4, 0.5) is 0 Å². The molecule has 0 bridgehead atoms. The van der Waals surface area contributed by atoms with Crippen LogP contribution in [0.1, 0.15) is 226 Å². The molecule has 0 radical (unpaired) electrons. The van der Waals surface area contributed by atoms with E-state index in [-0.39, 0.29) is 0 Å². The molecule has 0 atom stereocenters. The van der Waals surface area contributed by atoms with Crippen molar-refractivity contribution in [2.75, 3.05) is 58.9 Å². The second-order valence-corrected chi connectivity index (χ2v) is 15.3. The first-order valence-electron chi connectivity index (χ1n) is 22.7. The first-order chi connectivity index (χ1) is 23.8. The van der Waals surface area contributed by atoms with Gasteiger partial charge < -0.3 is 20.9 Å². The van der Waals surface area contributed by atoms with Crippen molar-refractivity contribution in [2.24, 2.45) is 0 Å². The molecule has 0 saturated heterocycles. The summed E-state index contributed by atoms with van der Waals surface area (Å²) in [7, 11) is 0. The highest BCUT2D eigenvalue weighted by molar-refractivity contribution is 4.64. The molecule has 290 valence electrons. The number of hydrogen-bond donors (Lipinski definition) is 3. The van der Waals surface area contributed by atoms with E-state index in [2.05, 4.69) is 41.6 Å². The van der Waals surface area contributed by atoms with Gasteiger partial charge in [0, 0.05) is 26.2 Å². The Morgan fingerprint density at radius 3 is 0.750 bits per heavy atom. The van der Waals surface area contributed by atoms with Crippen molar-refractivity contribution in [1.29, 1.82) is 0 Å².